The highest BCUT2D eigenvalue weighted by atomic mass is 32.2. The Morgan fingerprint density at radius 1 is 1.03 bits per heavy atom. The van der Waals surface area contributed by atoms with E-state index in [9.17, 15) is 18.0 Å². The van der Waals surface area contributed by atoms with Gasteiger partial charge in [-0.1, -0.05) is 12.1 Å². The molecule has 0 saturated carbocycles. The Bertz CT molecular complexity index is 1480. The van der Waals surface area contributed by atoms with Crippen LogP contribution in [-0.4, -0.2) is 34.3 Å². The first kappa shape index (κ1) is 22.1. The van der Waals surface area contributed by atoms with Crippen molar-refractivity contribution in [2.45, 2.75) is 24.7 Å². The van der Waals surface area contributed by atoms with Crippen LogP contribution in [0.4, 0.5) is 11.6 Å². The number of hydrogen-bond donors (Lipinski definition) is 3. The second-order valence-corrected chi connectivity index (χ2v) is 8.91. The van der Waals surface area contributed by atoms with Crippen LogP contribution in [-0.2, 0) is 21.2 Å². The maximum atomic E-state index is 12.5. The van der Waals surface area contributed by atoms with Crippen molar-refractivity contribution in [3.8, 4) is 0 Å². The third-order valence-corrected chi connectivity index (χ3v) is 6.07. The molecule has 2 aromatic heterocycles. The predicted molar refractivity (Wildman–Crippen MR) is 123 cm³/mol. The molecular weight excluding hydrogens is 444 g/mol. The zero-order valence-corrected chi connectivity index (χ0v) is 18.4. The number of sulfonamides is 1. The van der Waals surface area contributed by atoms with Gasteiger partial charge in [0.05, 0.1) is 15.9 Å². The summed E-state index contributed by atoms with van der Waals surface area (Å²) in [5.41, 5.74) is 2.27. The first-order valence-electron chi connectivity index (χ1n) is 10.0. The monoisotopic (exact) mass is 464 g/mol. The van der Waals surface area contributed by atoms with Crippen molar-refractivity contribution >= 4 is 38.6 Å². The zero-order valence-electron chi connectivity index (χ0n) is 17.6. The average molecular weight is 465 g/mol. The fourth-order valence-electron chi connectivity index (χ4n) is 3.09. The van der Waals surface area contributed by atoms with Crippen LogP contribution < -0.4 is 15.6 Å². The number of amides is 1. The van der Waals surface area contributed by atoms with Crippen LogP contribution >= 0.6 is 0 Å². The Morgan fingerprint density at radius 3 is 2.55 bits per heavy atom. The Balaban J connectivity index is 1.38. The summed E-state index contributed by atoms with van der Waals surface area (Å²) >= 11 is 0. The molecule has 11 heteroatoms. The van der Waals surface area contributed by atoms with E-state index in [2.05, 4.69) is 30.0 Å². The summed E-state index contributed by atoms with van der Waals surface area (Å²) in [7, 11) is -3.88. The van der Waals surface area contributed by atoms with E-state index in [1.807, 2.05) is 6.07 Å². The quantitative estimate of drug-likeness (QED) is 0.380. The van der Waals surface area contributed by atoms with Gasteiger partial charge >= 0.3 is 0 Å². The van der Waals surface area contributed by atoms with Gasteiger partial charge in [0.15, 0.2) is 0 Å². The number of aromatic nitrogens is 4. The predicted octanol–water partition coefficient (Wildman–Crippen LogP) is 2.39. The van der Waals surface area contributed by atoms with Gasteiger partial charge in [-0.2, -0.15) is 0 Å². The van der Waals surface area contributed by atoms with Gasteiger partial charge < -0.3 is 10.3 Å². The second-order valence-electron chi connectivity index (χ2n) is 7.23. The molecule has 0 spiro atoms. The van der Waals surface area contributed by atoms with Gasteiger partial charge in [-0.3, -0.25) is 9.59 Å². The number of benzene rings is 2. The third kappa shape index (κ3) is 5.39. The van der Waals surface area contributed by atoms with Crippen molar-refractivity contribution < 1.29 is 13.2 Å². The highest BCUT2D eigenvalue weighted by Crippen LogP contribution is 2.17. The lowest BCUT2D eigenvalue weighted by atomic mass is 10.2. The fourth-order valence-corrected chi connectivity index (χ4v) is 4.04. The van der Waals surface area contributed by atoms with Gasteiger partial charge in [-0.15, -0.1) is 0 Å². The van der Waals surface area contributed by atoms with Crippen molar-refractivity contribution in [1.29, 1.82) is 0 Å². The molecule has 168 valence electrons. The van der Waals surface area contributed by atoms with Crippen molar-refractivity contribution in [3.63, 3.8) is 0 Å². The van der Waals surface area contributed by atoms with Crippen molar-refractivity contribution in [3.05, 3.63) is 82.5 Å². The normalized spacial score (nSPS) is 11.3. The highest BCUT2D eigenvalue weighted by molar-refractivity contribution is 7.92. The molecule has 0 atom stereocenters. The lowest BCUT2D eigenvalue weighted by molar-refractivity contribution is -0.116. The Kier molecular flexibility index (Phi) is 6.13. The molecule has 0 bridgehead atoms. The van der Waals surface area contributed by atoms with Crippen LogP contribution in [0.3, 0.4) is 0 Å². The first-order chi connectivity index (χ1) is 15.8. The summed E-state index contributed by atoms with van der Waals surface area (Å²) in [6, 6.07) is 14.5. The molecule has 0 aliphatic carbocycles. The molecule has 0 aliphatic heterocycles. The van der Waals surface area contributed by atoms with Crippen molar-refractivity contribution in [2.24, 2.45) is 0 Å². The van der Waals surface area contributed by atoms with Gasteiger partial charge in [0.25, 0.3) is 15.6 Å². The number of carbonyl (C=O) groups excluding carboxylic acids is 1. The van der Waals surface area contributed by atoms with Crippen LogP contribution in [0, 0.1) is 6.92 Å². The highest BCUT2D eigenvalue weighted by Gasteiger charge is 2.16. The number of aryl methyl sites for hydroxylation is 2. The summed E-state index contributed by atoms with van der Waals surface area (Å²) in [6.07, 6.45) is 1.67. The van der Waals surface area contributed by atoms with Gasteiger partial charge in [-0.25, -0.2) is 28.1 Å². The molecule has 4 aromatic rings. The molecule has 33 heavy (non-hydrogen) atoms. The summed E-state index contributed by atoms with van der Waals surface area (Å²) in [5, 5.41) is 2.69. The minimum absolute atomic E-state index is 0.00231. The fraction of sp³-hybridized carbons (Fsp3) is 0.136. The van der Waals surface area contributed by atoms with Gasteiger partial charge in [0, 0.05) is 30.4 Å². The molecule has 2 heterocycles. The van der Waals surface area contributed by atoms with Gasteiger partial charge in [0.2, 0.25) is 11.9 Å². The van der Waals surface area contributed by atoms with Crippen molar-refractivity contribution in [1.82, 2.24) is 19.9 Å². The Morgan fingerprint density at radius 2 is 1.79 bits per heavy atom. The standard InChI is InChI=1S/C22H20N6O4S/c1-14-12-13-23-22(24-14)28-33(31,32)16-8-6-15(7-9-16)25-20(29)11-10-19-21(30)27-18-5-3-2-4-17(18)26-19/h2-9,12-13H,10-11H2,1H3,(H,25,29)(H,27,30)(H,23,24,28). The van der Waals surface area contributed by atoms with Gasteiger partial charge in [0.1, 0.15) is 5.69 Å². The lowest BCUT2D eigenvalue weighted by Crippen LogP contribution is -2.19. The number of aromatic amines is 1. The number of nitrogens with one attached hydrogen (secondary N) is 3. The van der Waals surface area contributed by atoms with E-state index in [0.717, 1.165) is 0 Å². The molecule has 0 unspecified atom stereocenters. The Hall–Kier alpha value is -4.12. The number of nitrogens with zero attached hydrogens (tertiary/aromatic N) is 3. The van der Waals surface area contributed by atoms with Crippen LogP contribution in [0.5, 0.6) is 0 Å². The zero-order chi connectivity index (χ0) is 23.4. The number of fused-ring (bicyclic) bond motifs is 1. The SMILES string of the molecule is Cc1ccnc(NS(=O)(=O)c2ccc(NC(=O)CCc3nc4ccccc4[nH]c3=O)cc2)n1. The van der Waals surface area contributed by atoms with E-state index in [0.29, 0.717) is 22.4 Å². The van der Waals surface area contributed by atoms with Crippen LogP contribution in [0.1, 0.15) is 17.8 Å². The molecule has 10 nitrogen and oxygen atoms in total. The number of rotatable bonds is 7. The minimum Gasteiger partial charge on any atom is -0.326 e. The summed E-state index contributed by atoms with van der Waals surface area (Å²) < 4.78 is 27.3. The number of para-hydroxylation sites is 2. The Labute approximate surface area is 189 Å². The molecule has 0 aliphatic rings. The van der Waals surface area contributed by atoms with Crippen LogP contribution in [0.25, 0.3) is 11.0 Å². The van der Waals surface area contributed by atoms with Crippen LogP contribution in [0.2, 0.25) is 0 Å². The smallest absolute Gasteiger partial charge is 0.270 e. The molecule has 4 rings (SSSR count). The average Bonchev–Trinajstić information content (AvgIpc) is 2.78. The second kappa shape index (κ2) is 9.17. The van der Waals surface area contributed by atoms with E-state index in [1.54, 1.807) is 31.2 Å². The number of hydrogen-bond acceptors (Lipinski definition) is 7. The number of carbonyl (C=O) groups is 1. The maximum absolute atomic E-state index is 12.5. The summed E-state index contributed by atoms with van der Waals surface area (Å²) in [4.78, 5) is 39.5. The lowest BCUT2D eigenvalue weighted by Gasteiger charge is -2.09. The minimum atomic E-state index is -3.88. The molecule has 0 radical (unpaired) electrons. The molecule has 0 fully saturated rings. The summed E-state index contributed by atoms with van der Waals surface area (Å²) in [5.74, 6) is -0.351. The van der Waals surface area contributed by atoms with E-state index < -0.39 is 10.0 Å². The number of anilines is 2. The van der Waals surface area contributed by atoms with Gasteiger partial charge in [-0.05, 0) is 49.4 Å². The maximum Gasteiger partial charge on any atom is 0.270 e. The molecule has 3 N–H and O–H groups in total. The van der Waals surface area contributed by atoms with E-state index in [-0.39, 0.29) is 40.8 Å². The van der Waals surface area contributed by atoms with E-state index in [4.69, 9.17) is 0 Å². The summed E-state index contributed by atoms with van der Waals surface area (Å²) in [6.45, 7) is 1.73. The van der Waals surface area contributed by atoms with E-state index >= 15 is 0 Å². The molecule has 1 amide bonds. The van der Waals surface area contributed by atoms with E-state index in [1.165, 1.54) is 30.5 Å². The topological polar surface area (TPSA) is 147 Å². The number of H-pyrrole nitrogens is 1. The third-order valence-electron chi connectivity index (χ3n) is 4.73. The largest absolute Gasteiger partial charge is 0.326 e. The van der Waals surface area contributed by atoms with Crippen LogP contribution in [0.15, 0.2) is 70.5 Å². The molecule has 0 saturated heterocycles. The van der Waals surface area contributed by atoms with Crippen molar-refractivity contribution in [2.75, 3.05) is 10.0 Å². The first-order valence-corrected chi connectivity index (χ1v) is 11.5. The molecule has 2 aromatic carbocycles. The molecular formula is C22H20N6O4S.